The van der Waals surface area contributed by atoms with Gasteiger partial charge in [0.05, 0.1) is 18.4 Å². The molecule has 112 valence electrons. The third-order valence-corrected chi connectivity index (χ3v) is 3.77. The summed E-state index contributed by atoms with van der Waals surface area (Å²) in [5.41, 5.74) is 2.61. The van der Waals surface area contributed by atoms with Crippen molar-refractivity contribution in [2.75, 3.05) is 19.7 Å². The highest BCUT2D eigenvalue weighted by Crippen LogP contribution is 2.24. The molecule has 5 heteroatoms. The second-order valence-corrected chi connectivity index (χ2v) is 5.53. The first-order valence-electron chi connectivity index (χ1n) is 7.14. The molecule has 21 heavy (non-hydrogen) atoms. The number of hydrogen-bond donors (Lipinski definition) is 0. The summed E-state index contributed by atoms with van der Waals surface area (Å²) >= 11 is 0. The molecule has 0 saturated carbocycles. The summed E-state index contributed by atoms with van der Waals surface area (Å²) in [4.78, 5) is 2.28. The van der Waals surface area contributed by atoms with E-state index in [1.54, 1.807) is 13.0 Å². The molecule has 1 aliphatic heterocycles. The summed E-state index contributed by atoms with van der Waals surface area (Å²) in [5, 5.41) is 4.03. The summed E-state index contributed by atoms with van der Waals surface area (Å²) < 4.78 is 24.3. The lowest BCUT2D eigenvalue weighted by Crippen LogP contribution is -2.37. The molecule has 2 aromatic rings. The van der Waals surface area contributed by atoms with Gasteiger partial charge < -0.3 is 9.26 Å². The number of rotatable bonds is 3. The van der Waals surface area contributed by atoms with Crippen molar-refractivity contribution in [2.45, 2.75) is 26.5 Å². The molecule has 0 amide bonds. The van der Waals surface area contributed by atoms with Crippen LogP contribution in [0.5, 0.6) is 0 Å². The Hall–Kier alpha value is -1.72. The molecule has 1 atom stereocenters. The van der Waals surface area contributed by atoms with E-state index in [0.29, 0.717) is 12.2 Å². The largest absolute Gasteiger partial charge is 0.371 e. The van der Waals surface area contributed by atoms with Crippen molar-refractivity contribution in [1.82, 2.24) is 10.1 Å². The van der Waals surface area contributed by atoms with Gasteiger partial charge >= 0.3 is 0 Å². The van der Waals surface area contributed by atoms with Crippen molar-refractivity contribution in [3.8, 4) is 0 Å². The van der Waals surface area contributed by atoms with Gasteiger partial charge in [0.15, 0.2) is 0 Å². The predicted octanol–water partition coefficient (Wildman–Crippen LogP) is 3.00. The van der Waals surface area contributed by atoms with Crippen LogP contribution in [0.15, 0.2) is 28.8 Å². The third kappa shape index (κ3) is 3.31. The maximum absolute atomic E-state index is 13.4. The molecule has 4 nitrogen and oxygen atoms in total. The molecule has 3 rings (SSSR count). The number of halogens is 1. The highest BCUT2D eigenvalue weighted by atomic mass is 19.1. The molecular formula is C16H19FN2O2. The van der Waals surface area contributed by atoms with E-state index in [4.69, 9.17) is 9.26 Å². The third-order valence-electron chi connectivity index (χ3n) is 3.77. The molecule has 0 aliphatic carbocycles. The molecule has 0 unspecified atom stereocenters. The molecule has 0 spiro atoms. The van der Waals surface area contributed by atoms with Crippen LogP contribution in [0.1, 0.15) is 28.7 Å². The highest BCUT2D eigenvalue weighted by molar-refractivity contribution is 5.26. The second kappa shape index (κ2) is 5.95. The fourth-order valence-electron chi connectivity index (χ4n) is 2.64. The predicted molar refractivity (Wildman–Crippen MR) is 76.3 cm³/mol. The van der Waals surface area contributed by atoms with E-state index in [0.717, 1.165) is 36.7 Å². The van der Waals surface area contributed by atoms with Crippen molar-refractivity contribution in [2.24, 2.45) is 0 Å². The van der Waals surface area contributed by atoms with Gasteiger partial charge in [-0.05, 0) is 31.0 Å². The molecule has 1 fully saturated rings. The summed E-state index contributed by atoms with van der Waals surface area (Å²) in [6.45, 7) is 6.71. The number of ether oxygens (including phenoxy) is 1. The first-order chi connectivity index (χ1) is 10.1. The van der Waals surface area contributed by atoms with Gasteiger partial charge in [0.25, 0.3) is 0 Å². The summed E-state index contributed by atoms with van der Waals surface area (Å²) in [5.74, 6) is 0.647. The molecule has 2 heterocycles. The zero-order valence-corrected chi connectivity index (χ0v) is 12.3. The van der Waals surface area contributed by atoms with Crippen LogP contribution in [0.2, 0.25) is 0 Å². The van der Waals surface area contributed by atoms with Gasteiger partial charge in [-0.25, -0.2) is 4.39 Å². The standard InChI is InChI=1S/C16H19FN2O2/c1-11-7-13(3-4-15(11)17)16-10-19(5-6-20-16)9-14-8-12(2)21-18-14/h3-4,7-8,16H,5-6,9-10H2,1-2H3/t16-/m1/s1. The minimum Gasteiger partial charge on any atom is -0.371 e. The number of benzene rings is 1. The fraction of sp³-hybridized carbons (Fsp3) is 0.438. The van der Waals surface area contributed by atoms with E-state index in [1.807, 2.05) is 19.1 Å². The van der Waals surface area contributed by atoms with E-state index in [-0.39, 0.29) is 11.9 Å². The average molecular weight is 290 g/mol. The van der Waals surface area contributed by atoms with Crippen molar-refractivity contribution in [1.29, 1.82) is 0 Å². The Balaban J connectivity index is 1.68. The molecule has 1 aromatic heterocycles. The number of aryl methyl sites for hydroxylation is 2. The van der Waals surface area contributed by atoms with E-state index < -0.39 is 0 Å². The topological polar surface area (TPSA) is 38.5 Å². The zero-order valence-electron chi connectivity index (χ0n) is 12.3. The normalized spacial score (nSPS) is 19.9. The first kappa shape index (κ1) is 14.2. The monoisotopic (exact) mass is 290 g/mol. The van der Waals surface area contributed by atoms with Crippen LogP contribution in [-0.4, -0.2) is 29.8 Å². The number of morpholine rings is 1. The van der Waals surface area contributed by atoms with E-state index in [9.17, 15) is 4.39 Å². The van der Waals surface area contributed by atoms with Crippen LogP contribution < -0.4 is 0 Å². The Kier molecular flexibility index (Phi) is 4.03. The molecule has 0 radical (unpaired) electrons. The lowest BCUT2D eigenvalue weighted by atomic mass is 10.0. The van der Waals surface area contributed by atoms with E-state index >= 15 is 0 Å². The Morgan fingerprint density at radius 3 is 2.90 bits per heavy atom. The fourth-order valence-corrected chi connectivity index (χ4v) is 2.64. The molecule has 1 aromatic carbocycles. The minimum atomic E-state index is -0.176. The maximum atomic E-state index is 13.4. The van der Waals surface area contributed by atoms with Crippen molar-refractivity contribution in [3.05, 3.63) is 52.7 Å². The van der Waals surface area contributed by atoms with Crippen LogP contribution in [0.3, 0.4) is 0 Å². The molecule has 0 N–H and O–H groups in total. The van der Waals surface area contributed by atoms with Crippen LogP contribution in [0.25, 0.3) is 0 Å². The van der Waals surface area contributed by atoms with Gasteiger partial charge in [-0.15, -0.1) is 0 Å². The lowest BCUT2D eigenvalue weighted by Gasteiger charge is -2.32. The molecular weight excluding hydrogens is 271 g/mol. The SMILES string of the molecule is Cc1cc(CN2CCO[C@@H](c3ccc(F)c(C)c3)C2)no1. The van der Waals surface area contributed by atoms with Gasteiger partial charge in [-0.2, -0.15) is 0 Å². The minimum absolute atomic E-state index is 0.0222. The van der Waals surface area contributed by atoms with Crippen LogP contribution in [0.4, 0.5) is 4.39 Å². The van der Waals surface area contributed by atoms with Crippen LogP contribution in [0, 0.1) is 19.7 Å². The smallest absolute Gasteiger partial charge is 0.133 e. The number of hydrogen-bond acceptors (Lipinski definition) is 4. The van der Waals surface area contributed by atoms with Gasteiger partial charge in [0, 0.05) is 25.7 Å². The van der Waals surface area contributed by atoms with Gasteiger partial charge in [-0.1, -0.05) is 17.3 Å². The quantitative estimate of drug-likeness (QED) is 0.871. The lowest BCUT2D eigenvalue weighted by molar-refractivity contribution is -0.0335. The Bertz CT molecular complexity index is 626. The van der Waals surface area contributed by atoms with Crippen LogP contribution >= 0.6 is 0 Å². The van der Waals surface area contributed by atoms with Crippen LogP contribution in [-0.2, 0) is 11.3 Å². The summed E-state index contributed by atoms with van der Waals surface area (Å²) in [6.07, 6.45) is -0.0222. The van der Waals surface area contributed by atoms with Crippen molar-refractivity contribution in [3.63, 3.8) is 0 Å². The average Bonchev–Trinajstić information content (AvgIpc) is 2.87. The van der Waals surface area contributed by atoms with Gasteiger partial charge in [0.2, 0.25) is 0 Å². The summed E-state index contributed by atoms with van der Waals surface area (Å²) in [7, 11) is 0. The highest BCUT2D eigenvalue weighted by Gasteiger charge is 2.23. The molecule has 0 bridgehead atoms. The Morgan fingerprint density at radius 1 is 1.33 bits per heavy atom. The maximum Gasteiger partial charge on any atom is 0.133 e. The van der Waals surface area contributed by atoms with E-state index in [2.05, 4.69) is 10.1 Å². The Morgan fingerprint density at radius 2 is 2.19 bits per heavy atom. The molecule has 1 aliphatic rings. The van der Waals surface area contributed by atoms with Gasteiger partial charge in [-0.3, -0.25) is 4.90 Å². The molecule has 1 saturated heterocycles. The second-order valence-electron chi connectivity index (χ2n) is 5.53. The van der Waals surface area contributed by atoms with E-state index in [1.165, 1.54) is 6.07 Å². The Labute approximate surface area is 123 Å². The van der Waals surface area contributed by atoms with Gasteiger partial charge in [0.1, 0.15) is 11.6 Å². The first-order valence-corrected chi connectivity index (χ1v) is 7.14. The van der Waals surface area contributed by atoms with Crippen molar-refractivity contribution < 1.29 is 13.7 Å². The number of nitrogens with zero attached hydrogens (tertiary/aromatic N) is 2. The zero-order chi connectivity index (χ0) is 14.8. The summed E-state index contributed by atoms with van der Waals surface area (Å²) in [6, 6.07) is 7.13. The van der Waals surface area contributed by atoms with Crippen molar-refractivity contribution >= 4 is 0 Å². The number of aromatic nitrogens is 1.